The molecule has 2 aliphatic rings. The molecule has 0 N–H and O–H groups in total. The summed E-state index contributed by atoms with van der Waals surface area (Å²) < 4.78 is 40.3. The highest BCUT2D eigenvalue weighted by Gasteiger charge is 2.50. The molecule has 1 aromatic carbocycles. The lowest BCUT2D eigenvalue weighted by Crippen LogP contribution is -2.34. The molecule has 2 fully saturated rings. The van der Waals surface area contributed by atoms with Gasteiger partial charge in [-0.25, -0.2) is 17.8 Å². The molecule has 8 heteroatoms. The Bertz CT molecular complexity index is 866. The fourth-order valence-electron chi connectivity index (χ4n) is 3.79. The Hall–Kier alpha value is -1.35. The highest BCUT2D eigenvalue weighted by Crippen LogP contribution is 2.35. The van der Waals surface area contributed by atoms with E-state index in [4.69, 9.17) is 0 Å². The Balaban J connectivity index is 1.43. The minimum atomic E-state index is -3.29. The van der Waals surface area contributed by atoms with Gasteiger partial charge < -0.3 is 0 Å². The third kappa shape index (κ3) is 3.36. The Morgan fingerprint density at radius 3 is 2.60 bits per heavy atom. The van der Waals surface area contributed by atoms with E-state index in [1.54, 1.807) is 27.8 Å². The third-order valence-corrected chi connectivity index (χ3v) is 8.08. The standard InChI is InChI=1S/C17H20FN3O2S2/c1-12-19-16(11-24-12)9-21-8-14-7-20(10-17(14)25(21,22)23)6-13-2-4-15(18)5-3-13/h2-5,11,14,17H,6-10H2,1H3/t14-,17-/m1/s1. The number of hydrogen-bond acceptors (Lipinski definition) is 5. The average Bonchev–Trinajstić information content (AvgIpc) is 3.20. The van der Waals surface area contributed by atoms with Crippen LogP contribution in [-0.2, 0) is 23.1 Å². The molecule has 134 valence electrons. The molecule has 5 nitrogen and oxygen atoms in total. The second-order valence-corrected chi connectivity index (χ2v) is 10.0. The summed E-state index contributed by atoms with van der Waals surface area (Å²) in [6.07, 6.45) is 0. The summed E-state index contributed by atoms with van der Waals surface area (Å²) in [4.78, 5) is 6.54. The quantitative estimate of drug-likeness (QED) is 0.815. The maximum Gasteiger partial charge on any atom is 0.218 e. The van der Waals surface area contributed by atoms with E-state index >= 15 is 0 Å². The molecule has 2 atom stereocenters. The van der Waals surface area contributed by atoms with Gasteiger partial charge in [0, 0.05) is 37.5 Å². The maximum absolute atomic E-state index is 13.0. The number of halogens is 1. The molecule has 2 saturated heterocycles. The predicted molar refractivity (Wildman–Crippen MR) is 95.1 cm³/mol. The minimum absolute atomic E-state index is 0.130. The molecule has 2 aromatic rings. The molecule has 0 spiro atoms. The van der Waals surface area contributed by atoms with Crippen LogP contribution in [-0.4, -0.2) is 47.5 Å². The highest BCUT2D eigenvalue weighted by atomic mass is 32.2. The summed E-state index contributed by atoms with van der Waals surface area (Å²) in [7, 11) is -3.29. The third-order valence-electron chi connectivity index (χ3n) is 4.96. The summed E-state index contributed by atoms with van der Waals surface area (Å²) in [6, 6.07) is 6.41. The smallest absolute Gasteiger partial charge is 0.218 e. The van der Waals surface area contributed by atoms with Crippen LogP contribution >= 0.6 is 11.3 Å². The van der Waals surface area contributed by atoms with Gasteiger partial charge in [-0.1, -0.05) is 12.1 Å². The van der Waals surface area contributed by atoms with Crippen LogP contribution in [0, 0.1) is 18.7 Å². The van der Waals surface area contributed by atoms with Gasteiger partial charge in [-0.05, 0) is 24.6 Å². The molecule has 4 rings (SSSR count). The predicted octanol–water partition coefficient (Wildman–Crippen LogP) is 2.24. The summed E-state index contributed by atoms with van der Waals surface area (Å²) in [5.74, 6) is -0.122. The van der Waals surface area contributed by atoms with E-state index in [1.165, 1.54) is 12.1 Å². The lowest BCUT2D eigenvalue weighted by Gasteiger charge is -2.20. The molecule has 25 heavy (non-hydrogen) atoms. The van der Waals surface area contributed by atoms with Crippen LogP contribution in [0.4, 0.5) is 4.39 Å². The number of nitrogens with zero attached hydrogens (tertiary/aromatic N) is 3. The van der Waals surface area contributed by atoms with E-state index in [0.29, 0.717) is 26.2 Å². The number of fused-ring (bicyclic) bond motifs is 1. The van der Waals surface area contributed by atoms with E-state index in [9.17, 15) is 12.8 Å². The van der Waals surface area contributed by atoms with Gasteiger partial charge in [-0.3, -0.25) is 4.90 Å². The van der Waals surface area contributed by atoms with Crippen LogP contribution in [0.3, 0.4) is 0 Å². The van der Waals surface area contributed by atoms with Crippen LogP contribution < -0.4 is 0 Å². The first kappa shape index (κ1) is 17.1. The lowest BCUT2D eigenvalue weighted by atomic mass is 10.1. The minimum Gasteiger partial charge on any atom is -0.297 e. The Kier molecular flexibility index (Phi) is 4.39. The van der Waals surface area contributed by atoms with Gasteiger partial charge in [0.1, 0.15) is 5.82 Å². The number of sulfonamides is 1. The van der Waals surface area contributed by atoms with Crippen LogP contribution in [0.5, 0.6) is 0 Å². The number of thiazole rings is 1. The van der Waals surface area contributed by atoms with Crippen molar-refractivity contribution in [1.29, 1.82) is 0 Å². The summed E-state index contributed by atoms with van der Waals surface area (Å²) in [5.41, 5.74) is 1.84. The fraction of sp³-hybridized carbons (Fsp3) is 0.471. The number of rotatable bonds is 4. The molecule has 2 aliphatic heterocycles. The lowest BCUT2D eigenvalue weighted by molar-refractivity contribution is 0.294. The van der Waals surface area contributed by atoms with E-state index in [2.05, 4.69) is 9.88 Å². The Morgan fingerprint density at radius 1 is 1.20 bits per heavy atom. The van der Waals surface area contributed by atoms with Crippen molar-refractivity contribution in [1.82, 2.24) is 14.2 Å². The molecular formula is C17H20FN3O2S2. The number of likely N-dealkylation sites (tertiary alicyclic amines) is 1. The van der Waals surface area contributed by atoms with E-state index < -0.39 is 10.0 Å². The first-order chi connectivity index (χ1) is 11.9. The molecule has 0 aliphatic carbocycles. The maximum atomic E-state index is 13.0. The van der Waals surface area contributed by atoms with Crippen molar-refractivity contribution < 1.29 is 12.8 Å². The second-order valence-electron chi connectivity index (χ2n) is 6.81. The van der Waals surface area contributed by atoms with Crippen molar-refractivity contribution in [2.75, 3.05) is 19.6 Å². The van der Waals surface area contributed by atoms with Gasteiger partial charge in [0.2, 0.25) is 10.0 Å². The summed E-state index contributed by atoms with van der Waals surface area (Å²) in [6.45, 7) is 4.81. The van der Waals surface area contributed by atoms with Crippen LogP contribution in [0.15, 0.2) is 29.6 Å². The van der Waals surface area contributed by atoms with Crippen molar-refractivity contribution in [3.8, 4) is 0 Å². The zero-order chi connectivity index (χ0) is 17.6. The van der Waals surface area contributed by atoms with Gasteiger partial charge in [0.05, 0.1) is 22.5 Å². The zero-order valence-electron chi connectivity index (χ0n) is 13.9. The highest BCUT2D eigenvalue weighted by molar-refractivity contribution is 7.90. The first-order valence-corrected chi connectivity index (χ1v) is 10.7. The normalized spacial score (nSPS) is 26.2. The van der Waals surface area contributed by atoms with Gasteiger partial charge in [0.15, 0.2) is 0 Å². The monoisotopic (exact) mass is 381 g/mol. The molecule has 3 heterocycles. The average molecular weight is 381 g/mol. The number of aryl methyl sites for hydroxylation is 1. The number of benzene rings is 1. The van der Waals surface area contributed by atoms with Crippen molar-refractivity contribution in [3.63, 3.8) is 0 Å². The van der Waals surface area contributed by atoms with Crippen LogP contribution in [0.1, 0.15) is 16.3 Å². The summed E-state index contributed by atoms with van der Waals surface area (Å²) in [5, 5.41) is 2.55. The Labute approximate surface area is 151 Å². The Morgan fingerprint density at radius 2 is 1.96 bits per heavy atom. The largest absolute Gasteiger partial charge is 0.297 e. The van der Waals surface area contributed by atoms with E-state index in [-0.39, 0.29) is 17.0 Å². The molecule has 0 radical (unpaired) electrons. The molecule has 1 aromatic heterocycles. The van der Waals surface area contributed by atoms with E-state index in [1.807, 2.05) is 12.3 Å². The number of aromatic nitrogens is 1. The van der Waals surface area contributed by atoms with Crippen molar-refractivity contribution >= 4 is 21.4 Å². The zero-order valence-corrected chi connectivity index (χ0v) is 15.6. The van der Waals surface area contributed by atoms with Gasteiger partial charge in [-0.2, -0.15) is 4.31 Å². The SMILES string of the molecule is Cc1nc(CN2C[C@H]3CN(Cc4ccc(F)cc4)C[C@H]3S2(=O)=O)cs1. The first-order valence-electron chi connectivity index (χ1n) is 8.28. The molecule has 0 saturated carbocycles. The number of hydrogen-bond donors (Lipinski definition) is 0. The second kappa shape index (κ2) is 6.42. The van der Waals surface area contributed by atoms with Crippen LogP contribution in [0.2, 0.25) is 0 Å². The summed E-state index contributed by atoms with van der Waals surface area (Å²) >= 11 is 1.54. The topological polar surface area (TPSA) is 53.5 Å². The molecule has 0 bridgehead atoms. The van der Waals surface area contributed by atoms with Crippen molar-refractivity contribution in [2.45, 2.75) is 25.3 Å². The van der Waals surface area contributed by atoms with Gasteiger partial charge >= 0.3 is 0 Å². The fourth-order valence-corrected chi connectivity index (χ4v) is 6.55. The molecule has 0 amide bonds. The van der Waals surface area contributed by atoms with Gasteiger partial charge in [-0.15, -0.1) is 11.3 Å². The molecule has 0 unspecified atom stereocenters. The van der Waals surface area contributed by atoms with Crippen molar-refractivity contribution in [3.05, 3.63) is 51.7 Å². The van der Waals surface area contributed by atoms with Gasteiger partial charge in [0.25, 0.3) is 0 Å². The van der Waals surface area contributed by atoms with Crippen molar-refractivity contribution in [2.24, 2.45) is 5.92 Å². The van der Waals surface area contributed by atoms with E-state index in [0.717, 1.165) is 22.8 Å². The van der Waals surface area contributed by atoms with Crippen LogP contribution in [0.25, 0.3) is 0 Å². The molecular weight excluding hydrogens is 361 g/mol.